The van der Waals surface area contributed by atoms with E-state index in [1.807, 2.05) is 6.07 Å². The van der Waals surface area contributed by atoms with Crippen LogP contribution in [0.25, 0.3) is 6.08 Å². The summed E-state index contributed by atoms with van der Waals surface area (Å²) in [5, 5.41) is 1.59. The van der Waals surface area contributed by atoms with Crippen LogP contribution >= 0.6 is 35.6 Å². The maximum Gasteiger partial charge on any atom is 0.285 e. The lowest BCUT2D eigenvalue weighted by Crippen LogP contribution is -2.44. The number of ether oxygens (including phenoxy) is 1. The first-order chi connectivity index (χ1) is 12.5. The number of methoxy groups -OCH3 is 1. The molecule has 1 N–H and O–H groups in total. The van der Waals surface area contributed by atoms with E-state index in [1.54, 1.807) is 55.7 Å². The summed E-state index contributed by atoms with van der Waals surface area (Å²) < 4.78 is 5.30. The normalized spacial score (nSPS) is 15.5. The van der Waals surface area contributed by atoms with Gasteiger partial charge in [0.05, 0.1) is 12.0 Å². The van der Waals surface area contributed by atoms with Crippen molar-refractivity contribution in [1.29, 1.82) is 0 Å². The number of benzene rings is 2. The van der Waals surface area contributed by atoms with Crippen LogP contribution in [0.2, 0.25) is 5.02 Å². The third-order valence-corrected chi connectivity index (χ3v) is 5.20. The minimum Gasteiger partial charge on any atom is -0.497 e. The molecule has 1 aliphatic rings. The molecular weight excluding hydrogens is 392 g/mol. The molecular formula is C18H13ClN2O3S2. The van der Waals surface area contributed by atoms with Crippen molar-refractivity contribution in [1.82, 2.24) is 10.4 Å². The molecule has 2 aromatic carbocycles. The van der Waals surface area contributed by atoms with E-state index in [9.17, 15) is 9.59 Å². The smallest absolute Gasteiger partial charge is 0.285 e. The molecule has 1 aliphatic heterocycles. The number of amides is 2. The predicted molar refractivity (Wildman–Crippen MR) is 107 cm³/mol. The van der Waals surface area contributed by atoms with Crippen LogP contribution in [0.15, 0.2) is 53.4 Å². The predicted octanol–water partition coefficient (Wildman–Crippen LogP) is 3.89. The van der Waals surface area contributed by atoms with Crippen molar-refractivity contribution in [2.45, 2.75) is 0 Å². The number of thioether (sulfide) groups is 1. The summed E-state index contributed by atoms with van der Waals surface area (Å²) in [5.41, 5.74) is 3.62. The average Bonchev–Trinajstić information content (AvgIpc) is 2.91. The zero-order valence-electron chi connectivity index (χ0n) is 13.6. The van der Waals surface area contributed by atoms with Crippen molar-refractivity contribution in [2.24, 2.45) is 0 Å². The fourth-order valence-corrected chi connectivity index (χ4v) is 3.57. The standard InChI is InChI=1S/C18H13ClN2O3S2/c1-24-13-8-6-11(7-9-13)16(22)20-21-17(23)15(26-18(21)25)10-12-4-2-3-5-14(12)19/h2-10H,1H3,(H,20,22)/b15-10-. The Kier molecular flexibility index (Phi) is 5.61. The molecule has 132 valence electrons. The molecule has 1 fully saturated rings. The summed E-state index contributed by atoms with van der Waals surface area (Å²) in [7, 11) is 1.54. The van der Waals surface area contributed by atoms with Crippen molar-refractivity contribution in [3.63, 3.8) is 0 Å². The second-order valence-corrected chi connectivity index (χ2v) is 7.29. The lowest BCUT2D eigenvalue weighted by molar-refractivity contribution is -0.123. The second kappa shape index (κ2) is 7.90. The van der Waals surface area contributed by atoms with E-state index in [0.717, 1.165) is 16.8 Å². The topological polar surface area (TPSA) is 58.6 Å². The first kappa shape index (κ1) is 18.4. The van der Waals surface area contributed by atoms with E-state index in [1.165, 1.54) is 0 Å². The fourth-order valence-electron chi connectivity index (χ4n) is 2.21. The summed E-state index contributed by atoms with van der Waals surface area (Å²) in [6.07, 6.45) is 1.65. The molecule has 0 bridgehead atoms. The zero-order valence-corrected chi connectivity index (χ0v) is 16.0. The summed E-state index contributed by atoms with van der Waals surface area (Å²) in [6, 6.07) is 13.7. The highest BCUT2D eigenvalue weighted by atomic mass is 35.5. The number of hydrazine groups is 1. The molecule has 5 nitrogen and oxygen atoms in total. The first-order valence-electron chi connectivity index (χ1n) is 7.47. The molecule has 3 rings (SSSR count). The molecule has 2 amide bonds. The molecule has 0 radical (unpaired) electrons. The Morgan fingerprint density at radius 1 is 1.23 bits per heavy atom. The van der Waals surface area contributed by atoms with Crippen LogP contribution < -0.4 is 10.2 Å². The Balaban J connectivity index is 1.76. The van der Waals surface area contributed by atoms with E-state index < -0.39 is 11.8 Å². The second-order valence-electron chi connectivity index (χ2n) is 5.21. The maximum atomic E-state index is 12.6. The van der Waals surface area contributed by atoms with Gasteiger partial charge >= 0.3 is 0 Å². The van der Waals surface area contributed by atoms with Gasteiger partial charge in [0.15, 0.2) is 4.32 Å². The van der Waals surface area contributed by atoms with Crippen LogP contribution in [0.4, 0.5) is 0 Å². The number of hydrogen-bond donors (Lipinski definition) is 1. The van der Waals surface area contributed by atoms with Crippen molar-refractivity contribution in [3.05, 3.63) is 69.6 Å². The Hall–Kier alpha value is -2.35. The highest BCUT2D eigenvalue weighted by Gasteiger charge is 2.33. The van der Waals surface area contributed by atoms with Gasteiger partial charge in [0.1, 0.15) is 5.75 Å². The molecule has 1 saturated heterocycles. The largest absolute Gasteiger partial charge is 0.497 e. The lowest BCUT2D eigenvalue weighted by atomic mass is 10.2. The molecule has 2 aromatic rings. The van der Waals surface area contributed by atoms with E-state index in [4.69, 9.17) is 28.6 Å². The van der Waals surface area contributed by atoms with Crippen molar-refractivity contribution in [3.8, 4) is 5.75 Å². The molecule has 0 saturated carbocycles. The Labute approximate surface area is 164 Å². The van der Waals surface area contributed by atoms with Crippen LogP contribution in [0.5, 0.6) is 5.75 Å². The van der Waals surface area contributed by atoms with Gasteiger partial charge in [-0.2, -0.15) is 5.01 Å². The number of carbonyl (C=O) groups excluding carboxylic acids is 2. The molecule has 0 spiro atoms. The maximum absolute atomic E-state index is 12.6. The van der Waals surface area contributed by atoms with Crippen LogP contribution in [0.3, 0.4) is 0 Å². The summed E-state index contributed by atoms with van der Waals surface area (Å²) in [6.45, 7) is 0. The Bertz CT molecular complexity index is 913. The summed E-state index contributed by atoms with van der Waals surface area (Å²) in [4.78, 5) is 25.3. The molecule has 0 aromatic heterocycles. The Morgan fingerprint density at radius 3 is 2.58 bits per heavy atom. The number of thiocarbonyl (C=S) groups is 1. The van der Waals surface area contributed by atoms with Gasteiger partial charge in [-0.1, -0.05) is 41.6 Å². The number of halogens is 1. The van der Waals surface area contributed by atoms with E-state index in [2.05, 4.69) is 5.43 Å². The van der Waals surface area contributed by atoms with Gasteiger partial charge < -0.3 is 4.74 Å². The quantitative estimate of drug-likeness (QED) is 0.618. The van der Waals surface area contributed by atoms with Gasteiger partial charge in [0.25, 0.3) is 11.8 Å². The van der Waals surface area contributed by atoms with Crippen LogP contribution in [0, 0.1) is 0 Å². The summed E-state index contributed by atoms with van der Waals surface area (Å²) >= 11 is 12.4. The zero-order chi connectivity index (χ0) is 18.7. The van der Waals surface area contributed by atoms with Gasteiger partial charge in [-0.25, -0.2) is 0 Å². The number of rotatable bonds is 4. The number of hydrogen-bond acceptors (Lipinski definition) is 5. The molecule has 0 aliphatic carbocycles. The average molecular weight is 405 g/mol. The lowest BCUT2D eigenvalue weighted by Gasteiger charge is -2.15. The first-order valence-corrected chi connectivity index (χ1v) is 9.07. The molecule has 26 heavy (non-hydrogen) atoms. The van der Waals surface area contributed by atoms with Gasteiger partial charge in [0, 0.05) is 10.6 Å². The number of carbonyl (C=O) groups is 2. The third kappa shape index (κ3) is 3.90. The van der Waals surface area contributed by atoms with Crippen molar-refractivity contribution >= 4 is 57.8 Å². The van der Waals surface area contributed by atoms with Crippen molar-refractivity contribution in [2.75, 3.05) is 7.11 Å². The van der Waals surface area contributed by atoms with E-state index in [0.29, 0.717) is 26.8 Å². The van der Waals surface area contributed by atoms with Gasteiger partial charge in [-0.05, 0) is 54.2 Å². The molecule has 0 unspecified atom stereocenters. The summed E-state index contributed by atoms with van der Waals surface area (Å²) in [5.74, 6) is -0.209. The molecule has 8 heteroatoms. The van der Waals surface area contributed by atoms with Crippen LogP contribution in [-0.2, 0) is 4.79 Å². The number of nitrogens with zero attached hydrogens (tertiary/aromatic N) is 1. The van der Waals surface area contributed by atoms with Gasteiger partial charge in [-0.3, -0.25) is 15.0 Å². The minimum atomic E-state index is -0.442. The fraction of sp³-hybridized carbons (Fsp3) is 0.0556. The number of nitrogens with one attached hydrogen (secondary N) is 1. The highest BCUT2D eigenvalue weighted by molar-refractivity contribution is 8.26. The van der Waals surface area contributed by atoms with Crippen molar-refractivity contribution < 1.29 is 14.3 Å². The van der Waals surface area contributed by atoms with Gasteiger partial charge in [0.2, 0.25) is 0 Å². The van der Waals surface area contributed by atoms with Crippen LogP contribution in [-0.4, -0.2) is 28.3 Å². The monoisotopic (exact) mass is 404 g/mol. The molecule has 0 atom stereocenters. The third-order valence-electron chi connectivity index (χ3n) is 3.55. The highest BCUT2D eigenvalue weighted by Crippen LogP contribution is 2.32. The van der Waals surface area contributed by atoms with E-state index in [-0.39, 0.29) is 4.32 Å². The van der Waals surface area contributed by atoms with Gasteiger partial charge in [-0.15, -0.1) is 0 Å². The van der Waals surface area contributed by atoms with Crippen LogP contribution in [0.1, 0.15) is 15.9 Å². The minimum absolute atomic E-state index is 0.246. The van der Waals surface area contributed by atoms with E-state index >= 15 is 0 Å². The Morgan fingerprint density at radius 2 is 1.92 bits per heavy atom. The molecule has 1 heterocycles. The SMILES string of the molecule is COc1ccc(C(=O)NN2C(=O)/C(=C/c3ccccc3Cl)SC2=S)cc1.